The predicted molar refractivity (Wildman–Crippen MR) is 86.4 cm³/mol. The van der Waals surface area contributed by atoms with Crippen LogP contribution < -0.4 is 10.6 Å². The molecule has 0 bridgehead atoms. The maximum Gasteiger partial charge on any atom is 0.358 e. The zero-order valence-corrected chi connectivity index (χ0v) is 13.2. The minimum atomic E-state index is -0.473. The van der Waals surface area contributed by atoms with Crippen molar-refractivity contribution in [3.63, 3.8) is 0 Å². The Morgan fingerprint density at radius 2 is 2.25 bits per heavy atom. The van der Waals surface area contributed by atoms with Gasteiger partial charge in [0.1, 0.15) is 0 Å². The molecule has 0 saturated carbocycles. The maximum absolute atomic E-state index is 11.8. The highest BCUT2D eigenvalue weighted by Gasteiger charge is 2.10. The summed E-state index contributed by atoms with van der Waals surface area (Å²) >= 11 is 0. The van der Waals surface area contributed by atoms with Gasteiger partial charge in [0.15, 0.2) is 5.69 Å². The Morgan fingerprint density at radius 1 is 1.42 bits per heavy atom. The van der Waals surface area contributed by atoms with Gasteiger partial charge >= 0.3 is 12.0 Å². The van der Waals surface area contributed by atoms with Crippen molar-refractivity contribution in [2.45, 2.75) is 13.5 Å². The first-order chi connectivity index (χ1) is 11.6. The number of urea groups is 1. The van der Waals surface area contributed by atoms with Gasteiger partial charge in [0.2, 0.25) is 0 Å². The molecular weight excluding hydrogens is 310 g/mol. The van der Waals surface area contributed by atoms with Gasteiger partial charge in [-0.05, 0) is 25.1 Å². The second-order valence-corrected chi connectivity index (χ2v) is 4.79. The third-order valence-corrected chi connectivity index (χ3v) is 3.02. The van der Waals surface area contributed by atoms with E-state index < -0.39 is 5.97 Å². The lowest BCUT2D eigenvalue weighted by atomic mass is 10.2. The van der Waals surface area contributed by atoms with Crippen molar-refractivity contribution in [2.75, 3.05) is 18.5 Å². The summed E-state index contributed by atoms with van der Waals surface area (Å²) in [5.41, 5.74) is 1.24. The van der Waals surface area contributed by atoms with E-state index in [-0.39, 0.29) is 11.7 Å². The Labute approximate surface area is 139 Å². The minimum Gasteiger partial charge on any atom is -0.461 e. The number of nitriles is 1. The van der Waals surface area contributed by atoms with Crippen molar-refractivity contribution in [2.24, 2.45) is 0 Å². The van der Waals surface area contributed by atoms with Crippen molar-refractivity contribution < 1.29 is 14.3 Å². The molecule has 0 fully saturated rings. The monoisotopic (exact) mass is 327 g/mol. The van der Waals surface area contributed by atoms with Crippen LogP contribution in [0.2, 0.25) is 0 Å². The van der Waals surface area contributed by atoms with E-state index in [4.69, 9.17) is 10.00 Å². The summed E-state index contributed by atoms with van der Waals surface area (Å²) < 4.78 is 6.54. The van der Waals surface area contributed by atoms with E-state index in [1.165, 1.54) is 6.33 Å². The van der Waals surface area contributed by atoms with Crippen LogP contribution in [-0.4, -0.2) is 34.7 Å². The lowest BCUT2D eigenvalue weighted by Crippen LogP contribution is -2.31. The summed E-state index contributed by atoms with van der Waals surface area (Å²) in [7, 11) is 0. The molecule has 0 saturated heterocycles. The Hall–Kier alpha value is -3.34. The number of anilines is 1. The zero-order valence-electron chi connectivity index (χ0n) is 13.2. The second kappa shape index (κ2) is 8.33. The highest BCUT2D eigenvalue weighted by Crippen LogP contribution is 2.09. The average Bonchev–Trinajstić information content (AvgIpc) is 3.04. The topological polar surface area (TPSA) is 109 Å². The van der Waals surface area contributed by atoms with Crippen LogP contribution in [0, 0.1) is 11.3 Å². The summed E-state index contributed by atoms with van der Waals surface area (Å²) in [5.74, 6) is -0.473. The van der Waals surface area contributed by atoms with Gasteiger partial charge in [0, 0.05) is 25.0 Å². The molecule has 2 aromatic rings. The molecule has 1 aromatic heterocycles. The standard InChI is InChI=1S/C16H17N5O3/c1-2-24-15(22)14-10-21(11-19-14)7-6-18-16(23)20-13-5-3-4-12(8-13)9-17/h3-5,8,10-11H,2,6-7H2,1H3,(H2,18,20,23). The Morgan fingerprint density at radius 3 is 3.00 bits per heavy atom. The molecule has 2 N–H and O–H groups in total. The van der Waals surface area contributed by atoms with Crippen LogP contribution in [-0.2, 0) is 11.3 Å². The van der Waals surface area contributed by atoms with Crippen LogP contribution in [0.4, 0.5) is 10.5 Å². The van der Waals surface area contributed by atoms with E-state index in [0.29, 0.717) is 30.9 Å². The molecular formula is C16H17N5O3. The van der Waals surface area contributed by atoms with Crippen molar-refractivity contribution in [1.82, 2.24) is 14.9 Å². The molecule has 2 amide bonds. The highest BCUT2D eigenvalue weighted by molar-refractivity contribution is 5.89. The lowest BCUT2D eigenvalue weighted by molar-refractivity contribution is 0.0520. The summed E-state index contributed by atoms with van der Waals surface area (Å²) in [6.07, 6.45) is 3.07. The largest absolute Gasteiger partial charge is 0.461 e. The van der Waals surface area contributed by atoms with E-state index in [1.807, 2.05) is 6.07 Å². The van der Waals surface area contributed by atoms with Gasteiger partial charge in [-0.3, -0.25) is 0 Å². The number of carbonyl (C=O) groups is 2. The fraction of sp³-hybridized carbons (Fsp3) is 0.250. The van der Waals surface area contributed by atoms with Crippen molar-refractivity contribution in [3.8, 4) is 6.07 Å². The van der Waals surface area contributed by atoms with Crippen LogP contribution in [0.5, 0.6) is 0 Å². The second-order valence-electron chi connectivity index (χ2n) is 4.79. The summed E-state index contributed by atoms with van der Waals surface area (Å²) in [6.45, 7) is 2.82. The lowest BCUT2D eigenvalue weighted by Gasteiger charge is -2.08. The van der Waals surface area contributed by atoms with Crippen LogP contribution in [0.3, 0.4) is 0 Å². The molecule has 0 aliphatic heterocycles. The Kier molecular flexibility index (Phi) is 5.91. The molecule has 1 heterocycles. The number of ether oxygens (including phenoxy) is 1. The highest BCUT2D eigenvalue weighted by atomic mass is 16.5. The van der Waals surface area contributed by atoms with Gasteiger partial charge in [0.25, 0.3) is 0 Å². The molecule has 0 spiro atoms. The first kappa shape index (κ1) is 17.0. The molecule has 0 aliphatic carbocycles. The van der Waals surface area contributed by atoms with E-state index in [9.17, 15) is 9.59 Å². The fourth-order valence-corrected chi connectivity index (χ4v) is 1.93. The number of hydrogen-bond donors (Lipinski definition) is 2. The van der Waals surface area contributed by atoms with E-state index in [0.717, 1.165) is 0 Å². The number of aromatic nitrogens is 2. The number of rotatable bonds is 6. The normalized spacial score (nSPS) is 9.83. The van der Waals surface area contributed by atoms with Gasteiger partial charge < -0.3 is 19.9 Å². The molecule has 24 heavy (non-hydrogen) atoms. The van der Waals surface area contributed by atoms with Crippen molar-refractivity contribution >= 4 is 17.7 Å². The van der Waals surface area contributed by atoms with Gasteiger partial charge in [-0.15, -0.1) is 0 Å². The van der Waals surface area contributed by atoms with Crippen LogP contribution in [0.15, 0.2) is 36.8 Å². The molecule has 0 unspecified atom stereocenters. The fourth-order valence-electron chi connectivity index (χ4n) is 1.93. The predicted octanol–water partition coefficient (Wildman–Crippen LogP) is 1.75. The third-order valence-electron chi connectivity index (χ3n) is 3.02. The van der Waals surface area contributed by atoms with Gasteiger partial charge in [-0.25, -0.2) is 14.6 Å². The molecule has 124 valence electrons. The van der Waals surface area contributed by atoms with Gasteiger partial charge in [0.05, 0.1) is 24.6 Å². The number of nitrogens with zero attached hydrogens (tertiary/aromatic N) is 3. The number of hydrogen-bond acceptors (Lipinski definition) is 5. The SMILES string of the molecule is CCOC(=O)c1cn(CCNC(=O)Nc2cccc(C#N)c2)cn1. The third kappa shape index (κ3) is 4.84. The van der Waals surface area contributed by atoms with Crippen LogP contribution in [0.1, 0.15) is 23.0 Å². The summed E-state index contributed by atoms with van der Waals surface area (Å²) in [4.78, 5) is 27.2. The Balaban J connectivity index is 1.78. The maximum atomic E-state index is 11.8. The molecule has 8 nitrogen and oxygen atoms in total. The number of nitrogens with one attached hydrogen (secondary N) is 2. The van der Waals surface area contributed by atoms with Crippen molar-refractivity contribution in [1.29, 1.82) is 5.26 Å². The van der Waals surface area contributed by atoms with E-state index >= 15 is 0 Å². The van der Waals surface area contributed by atoms with Gasteiger partial charge in [-0.2, -0.15) is 5.26 Å². The first-order valence-electron chi connectivity index (χ1n) is 7.36. The summed E-state index contributed by atoms with van der Waals surface area (Å²) in [6, 6.07) is 8.25. The van der Waals surface area contributed by atoms with E-state index in [1.54, 1.807) is 42.0 Å². The number of imidazole rings is 1. The summed E-state index contributed by atoms with van der Waals surface area (Å²) in [5, 5.41) is 14.1. The quantitative estimate of drug-likeness (QED) is 0.786. The first-order valence-corrected chi connectivity index (χ1v) is 7.36. The zero-order chi connectivity index (χ0) is 17.4. The van der Waals surface area contributed by atoms with Crippen LogP contribution in [0.25, 0.3) is 0 Å². The molecule has 0 atom stereocenters. The number of carbonyl (C=O) groups excluding carboxylic acids is 2. The average molecular weight is 327 g/mol. The smallest absolute Gasteiger partial charge is 0.358 e. The number of benzene rings is 1. The van der Waals surface area contributed by atoms with Crippen molar-refractivity contribution in [3.05, 3.63) is 48.0 Å². The molecule has 8 heteroatoms. The molecule has 0 aliphatic rings. The minimum absolute atomic E-state index is 0.231. The van der Waals surface area contributed by atoms with E-state index in [2.05, 4.69) is 15.6 Å². The van der Waals surface area contributed by atoms with Crippen LogP contribution >= 0.6 is 0 Å². The Bertz CT molecular complexity index is 763. The molecule has 1 aromatic carbocycles. The van der Waals surface area contributed by atoms with Gasteiger partial charge in [-0.1, -0.05) is 6.07 Å². The molecule has 2 rings (SSSR count). The molecule has 0 radical (unpaired) electrons. The number of amides is 2. The number of esters is 1.